The van der Waals surface area contributed by atoms with Gasteiger partial charge in [0.25, 0.3) is 5.91 Å². The molecule has 0 saturated carbocycles. The van der Waals surface area contributed by atoms with Crippen LogP contribution >= 0.6 is 0 Å². The number of amides is 1. The molecule has 1 aliphatic heterocycles. The van der Waals surface area contributed by atoms with Crippen molar-refractivity contribution >= 4 is 22.8 Å². The van der Waals surface area contributed by atoms with Crippen LogP contribution in [0.25, 0.3) is 10.9 Å². The molecule has 4 rings (SSSR count). The van der Waals surface area contributed by atoms with E-state index in [2.05, 4.69) is 4.98 Å². The van der Waals surface area contributed by atoms with Crippen molar-refractivity contribution in [1.29, 1.82) is 0 Å². The number of hydrogen-bond acceptors (Lipinski definition) is 2. The molecule has 0 saturated heterocycles. The Morgan fingerprint density at radius 1 is 1.08 bits per heavy atom. The Hall–Kier alpha value is -3.08. The van der Waals surface area contributed by atoms with Crippen LogP contribution in [0.4, 0.5) is 0 Å². The van der Waals surface area contributed by atoms with Gasteiger partial charge in [-0.2, -0.15) is 0 Å². The zero-order chi connectivity index (χ0) is 17.6. The molecule has 0 unspecified atom stereocenters. The summed E-state index contributed by atoms with van der Waals surface area (Å²) in [6, 6.07) is 12.7. The fourth-order valence-corrected chi connectivity index (χ4v) is 3.40. The lowest BCUT2D eigenvalue weighted by Gasteiger charge is -2.27. The summed E-state index contributed by atoms with van der Waals surface area (Å²) in [5.41, 5.74) is 5.08. The van der Waals surface area contributed by atoms with Gasteiger partial charge in [0.15, 0.2) is 0 Å². The number of carboxylic acid groups (broad SMARTS) is 1. The van der Waals surface area contributed by atoms with Crippen molar-refractivity contribution in [1.82, 2.24) is 9.88 Å². The Bertz CT molecular complexity index is 986. The van der Waals surface area contributed by atoms with Crippen molar-refractivity contribution in [3.05, 3.63) is 70.4 Å². The molecule has 1 aromatic heterocycles. The number of aromatic nitrogens is 1. The van der Waals surface area contributed by atoms with Crippen molar-refractivity contribution in [3.63, 3.8) is 0 Å². The van der Waals surface area contributed by atoms with Gasteiger partial charge in [0.05, 0.1) is 5.56 Å². The van der Waals surface area contributed by atoms with E-state index >= 15 is 0 Å². The lowest BCUT2D eigenvalue weighted by molar-refractivity contribution is 0.0694. The third-order valence-corrected chi connectivity index (χ3v) is 4.81. The highest BCUT2D eigenvalue weighted by atomic mass is 16.4. The number of carboxylic acids is 1. The van der Waals surface area contributed by atoms with Crippen LogP contribution in [0.1, 0.15) is 37.5 Å². The predicted molar refractivity (Wildman–Crippen MR) is 94.9 cm³/mol. The standard InChI is InChI=1S/C20H18N2O3/c1-12-2-4-13(5-3-12)19(23)22-9-8-18-16(11-22)15-10-14(20(24)25)6-7-17(15)21-18/h2-7,10,21H,8-9,11H2,1H3,(H,24,25). The highest BCUT2D eigenvalue weighted by Gasteiger charge is 2.25. The van der Waals surface area contributed by atoms with Crippen LogP contribution in [0.15, 0.2) is 42.5 Å². The average molecular weight is 334 g/mol. The maximum Gasteiger partial charge on any atom is 0.335 e. The van der Waals surface area contributed by atoms with Crippen LogP contribution in [-0.4, -0.2) is 33.4 Å². The number of nitrogens with zero attached hydrogens (tertiary/aromatic N) is 1. The van der Waals surface area contributed by atoms with Gasteiger partial charge in [0, 0.05) is 47.2 Å². The van der Waals surface area contributed by atoms with Crippen molar-refractivity contribution in [2.24, 2.45) is 0 Å². The second kappa shape index (κ2) is 5.77. The summed E-state index contributed by atoms with van der Waals surface area (Å²) >= 11 is 0. The van der Waals surface area contributed by atoms with Crippen LogP contribution < -0.4 is 0 Å². The molecule has 2 N–H and O–H groups in total. The van der Waals surface area contributed by atoms with Crippen LogP contribution in [-0.2, 0) is 13.0 Å². The number of benzene rings is 2. The van der Waals surface area contributed by atoms with E-state index in [1.165, 1.54) is 0 Å². The summed E-state index contributed by atoms with van der Waals surface area (Å²) < 4.78 is 0. The Morgan fingerprint density at radius 3 is 2.52 bits per heavy atom. The lowest BCUT2D eigenvalue weighted by Crippen LogP contribution is -2.35. The number of rotatable bonds is 2. The zero-order valence-electron chi connectivity index (χ0n) is 13.9. The van der Waals surface area contributed by atoms with Gasteiger partial charge in [0.2, 0.25) is 0 Å². The molecule has 3 aromatic rings. The largest absolute Gasteiger partial charge is 0.478 e. The first-order chi connectivity index (χ1) is 12.0. The Morgan fingerprint density at radius 2 is 1.80 bits per heavy atom. The van der Waals surface area contributed by atoms with Gasteiger partial charge in [-0.1, -0.05) is 17.7 Å². The number of carbonyl (C=O) groups is 2. The number of aromatic carboxylic acids is 1. The summed E-state index contributed by atoms with van der Waals surface area (Å²) in [5.74, 6) is -0.936. The fourth-order valence-electron chi connectivity index (χ4n) is 3.40. The van der Waals surface area contributed by atoms with Crippen molar-refractivity contribution < 1.29 is 14.7 Å². The maximum atomic E-state index is 12.8. The Labute approximate surface area is 144 Å². The summed E-state index contributed by atoms with van der Waals surface area (Å²) in [5, 5.41) is 10.1. The zero-order valence-corrected chi connectivity index (χ0v) is 13.9. The molecule has 1 amide bonds. The van der Waals surface area contributed by atoms with Gasteiger partial charge in [0.1, 0.15) is 0 Å². The van der Waals surface area contributed by atoms with E-state index in [1.54, 1.807) is 18.2 Å². The Balaban J connectivity index is 1.68. The highest BCUT2D eigenvalue weighted by Crippen LogP contribution is 2.29. The van der Waals surface area contributed by atoms with Crippen LogP contribution in [0.5, 0.6) is 0 Å². The molecule has 2 aromatic carbocycles. The smallest absolute Gasteiger partial charge is 0.335 e. The molecule has 0 atom stereocenters. The van der Waals surface area contributed by atoms with E-state index in [0.29, 0.717) is 18.7 Å². The van der Waals surface area contributed by atoms with Gasteiger partial charge in [-0.25, -0.2) is 4.79 Å². The van der Waals surface area contributed by atoms with Crippen LogP contribution in [0.3, 0.4) is 0 Å². The number of aromatic amines is 1. The average Bonchev–Trinajstić information content (AvgIpc) is 2.98. The molecule has 0 bridgehead atoms. The lowest BCUT2D eigenvalue weighted by atomic mass is 10.0. The van der Waals surface area contributed by atoms with E-state index in [-0.39, 0.29) is 11.5 Å². The molecule has 0 fully saturated rings. The highest BCUT2D eigenvalue weighted by molar-refractivity contribution is 5.97. The van der Waals surface area contributed by atoms with Gasteiger partial charge in [-0.3, -0.25) is 4.79 Å². The maximum absolute atomic E-state index is 12.8. The third-order valence-electron chi connectivity index (χ3n) is 4.81. The minimum Gasteiger partial charge on any atom is -0.478 e. The summed E-state index contributed by atoms with van der Waals surface area (Å²) in [4.78, 5) is 29.2. The topological polar surface area (TPSA) is 73.4 Å². The number of H-pyrrole nitrogens is 1. The minimum atomic E-state index is -0.944. The second-order valence-electron chi connectivity index (χ2n) is 6.49. The van der Waals surface area contributed by atoms with Gasteiger partial charge < -0.3 is 15.0 Å². The Kier molecular flexibility index (Phi) is 3.57. The molecule has 126 valence electrons. The second-order valence-corrected chi connectivity index (χ2v) is 6.49. The van der Waals surface area contributed by atoms with Crippen LogP contribution in [0, 0.1) is 6.92 Å². The quantitative estimate of drug-likeness (QED) is 0.754. The normalized spacial score (nSPS) is 13.7. The fraction of sp³-hybridized carbons (Fsp3) is 0.200. The molecular formula is C20H18N2O3. The molecule has 25 heavy (non-hydrogen) atoms. The van der Waals surface area contributed by atoms with E-state index in [0.717, 1.165) is 34.1 Å². The number of carbonyl (C=O) groups excluding carboxylic acids is 1. The van der Waals surface area contributed by atoms with Gasteiger partial charge in [-0.05, 0) is 37.3 Å². The SMILES string of the molecule is Cc1ccc(C(=O)N2CCc3[nH]c4ccc(C(=O)O)cc4c3C2)cc1. The van der Waals surface area contributed by atoms with Gasteiger partial charge in [-0.15, -0.1) is 0 Å². The number of hydrogen-bond donors (Lipinski definition) is 2. The summed E-state index contributed by atoms with van der Waals surface area (Å²) in [7, 11) is 0. The van der Waals surface area contributed by atoms with Crippen molar-refractivity contribution in [2.75, 3.05) is 6.54 Å². The van der Waals surface area contributed by atoms with E-state index in [1.807, 2.05) is 36.1 Å². The molecule has 0 radical (unpaired) electrons. The molecule has 5 nitrogen and oxygen atoms in total. The molecule has 0 spiro atoms. The van der Waals surface area contributed by atoms with Gasteiger partial charge >= 0.3 is 5.97 Å². The van der Waals surface area contributed by atoms with E-state index in [4.69, 9.17) is 0 Å². The molecule has 0 aliphatic carbocycles. The molecule has 1 aliphatic rings. The minimum absolute atomic E-state index is 0.00869. The van der Waals surface area contributed by atoms with Crippen LogP contribution in [0.2, 0.25) is 0 Å². The monoisotopic (exact) mass is 334 g/mol. The number of fused-ring (bicyclic) bond motifs is 3. The first-order valence-electron chi connectivity index (χ1n) is 8.25. The first-order valence-corrected chi connectivity index (χ1v) is 8.25. The summed E-state index contributed by atoms with van der Waals surface area (Å²) in [6.45, 7) is 3.14. The first kappa shape index (κ1) is 15.4. The summed E-state index contributed by atoms with van der Waals surface area (Å²) in [6.07, 6.45) is 0.740. The number of aryl methyl sites for hydroxylation is 1. The molecular weight excluding hydrogens is 316 g/mol. The predicted octanol–water partition coefficient (Wildman–Crippen LogP) is 3.37. The van der Waals surface area contributed by atoms with Crippen molar-refractivity contribution in [3.8, 4) is 0 Å². The third kappa shape index (κ3) is 2.67. The van der Waals surface area contributed by atoms with E-state index in [9.17, 15) is 14.7 Å². The van der Waals surface area contributed by atoms with Crippen molar-refractivity contribution in [2.45, 2.75) is 19.9 Å². The molecule has 2 heterocycles. The number of nitrogens with one attached hydrogen (secondary N) is 1. The van der Waals surface area contributed by atoms with E-state index < -0.39 is 5.97 Å². The molecule has 5 heteroatoms.